The Kier molecular flexibility index (Phi) is 9.55. The second kappa shape index (κ2) is 12.3. The summed E-state index contributed by atoms with van der Waals surface area (Å²) in [6.07, 6.45) is 19.2. The molecule has 0 aliphatic heterocycles. The van der Waals surface area contributed by atoms with Crippen molar-refractivity contribution in [2.45, 2.75) is 64.5 Å². The zero-order valence-corrected chi connectivity index (χ0v) is 16.5. The molecule has 0 aliphatic rings. The Labute approximate surface area is 158 Å². The summed E-state index contributed by atoms with van der Waals surface area (Å²) in [4.78, 5) is 8.34. The van der Waals surface area contributed by atoms with Gasteiger partial charge in [-0.2, -0.15) is 0 Å². The molecule has 0 bridgehead atoms. The van der Waals surface area contributed by atoms with E-state index >= 15 is 0 Å². The van der Waals surface area contributed by atoms with Gasteiger partial charge in [0.2, 0.25) is 0 Å². The highest BCUT2D eigenvalue weighted by atomic mass is 14.9. The minimum Gasteiger partial charge on any atom is -0.354 e. The summed E-state index contributed by atoms with van der Waals surface area (Å²) in [5.41, 5.74) is 0. The van der Waals surface area contributed by atoms with Gasteiger partial charge in [0.1, 0.15) is 0 Å². The molecule has 4 nitrogen and oxygen atoms in total. The summed E-state index contributed by atoms with van der Waals surface area (Å²) >= 11 is 0. The maximum atomic E-state index is 4.17. The van der Waals surface area contributed by atoms with Crippen molar-refractivity contribution in [3.8, 4) is 0 Å². The SMILES string of the molecule is CN=c1ccn(CCCCCCCCCCn2ccc(=NC)cc2)cc1. The summed E-state index contributed by atoms with van der Waals surface area (Å²) in [5.74, 6) is 0. The summed E-state index contributed by atoms with van der Waals surface area (Å²) in [5, 5.41) is 2.10. The first kappa shape index (κ1) is 20.2. The van der Waals surface area contributed by atoms with Gasteiger partial charge < -0.3 is 9.13 Å². The largest absolute Gasteiger partial charge is 0.354 e. The van der Waals surface area contributed by atoms with Crippen LogP contribution in [0.15, 0.2) is 59.0 Å². The van der Waals surface area contributed by atoms with Crippen LogP contribution in [0, 0.1) is 0 Å². The Bertz CT molecular complexity index is 649. The van der Waals surface area contributed by atoms with Crippen LogP contribution in [0.25, 0.3) is 0 Å². The van der Waals surface area contributed by atoms with E-state index < -0.39 is 0 Å². The number of nitrogens with zero attached hydrogens (tertiary/aromatic N) is 4. The first-order valence-electron chi connectivity index (χ1n) is 9.99. The van der Waals surface area contributed by atoms with Gasteiger partial charge in [0.05, 0.1) is 10.7 Å². The van der Waals surface area contributed by atoms with E-state index in [0.29, 0.717) is 0 Å². The van der Waals surface area contributed by atoms with Crippen molar-refractivity contribution < 1.29 is 0 Å². The molecular weight excluding hydrogens is 320 g/mol. The van der Waals surface area contributed by atoms with E-state index in [1.165, 1.54) is 51.4 Å². The number of hydrogen-bond acceptors (Lipinski definition) is 2. The molecule has 26 heavy (non-hydrogen) atoms. The average molecular weight is 355 g/mol. The van der Waals surface area contributed by atoms with Crippen molar-refractivity contribution in [2.24, 2.45) is 9.98 Å². The van der Waals surface area contributed by atoms with Crippen LogP contribution >= 0.6 is 0 Å². The van der Waals surface area contributed by atoms with Gasteiger partial charge in [0.15, 0.2) is 0 Å². The van der Waals surface area contributed by atoms with Crippen molar-refractivity contribution in [3.63, 3.8) is 0 Å². The molecule has 0 fully saturated rings. The Morgan fingerprint density at radius 3 is 1.15 bits per heavy atom. The van der Waals surface area contributed by atoms with Gasteiger partial charge in [0, 0.05) is 52.0 Å². The van der Waals surface area contributed by atoms with Crippen molar-refractivity contribution in [3.05, 3.63) is 59.8 Å². The van der Waals surface area contributed by atoms with Gasteiger partial charge in [-0.05, 0) is 37.1 Å². The lowest BCUT2D eigenvalue weighted by Gasteiger charge is -2.07. The number of pyridine rings is 2. The lowest BCUT2D eigenvalue weighted by Crippen LogP contribution is -2.05. The van der Waals surface area contributed by atoms with Crippen molar-refractivity contribution in [1.82, 2.24) is 9.13 Å². The van der Waals surface area contributed by atoms with Crippen LogP contribution in [0.5, 0.6) is 0 Å². The quantitative estimate of drug-likeness (QED) is 0.543. The molecule has 0 amide bonds. The number of aryl methyl sites for hydroxylation is 2. The molecule has 0 spiro atoms. The number of unbranched alkanes of at least 4 members (excludes halogenated alkanes) is 7. The van der Waals surface area contributed by atoms with Gasteiger partial charge in [-0.1, -0.05) is 38.5 Å². The highest BCUT2D eigenvalue weighted by Gasteiger charge is 1.94. The minimum atomic E-state index is 1.05. The van der Waals surface area contributed by atoms with E-state index in [2.05, 4.69) is 68.2 Å². The second-order valence-corrected chi connectivity index (χ2v) is 6.86. The minimum absolute atomic E-state index is 1.05. The molecule has 0 saturated carbocycles. The Hall–Kier alpha value is -2.10. The Morgan fingerprint density at radius 2 is 0.846 bits per heavy atom. The highest BCUT2D eigenvalue weighted by molar-refractivity contribution is 4.93. The molecule has 0 aromatic carbocycles. The molecule has 2 heterocycles. The zero-order valence-electron chi connectivity index (χ0n) is 16.5. The molecule has 0 saturated heterocycles. The smallest absolute Gasteiger partial charge is 0.0599 e. The number of rotatable bonds is 11. The van der Waals surface area contributed by atoms with Crippen LogP contribution in [0.4, 0.5) is 0 Å². The van der Waals surface area contributed by atoms with Crippen LogP contribution in [-0.2, 0) is 13.1 Å². The molecule has 142 valence electrons. The maximum Gasteiger partial charge on any atom is 0.0599 e. The fourth-order valence-corrected chi connectivity index (χ4v) is 3.14. The lowest BCUT2D eigenvalue weighted by molar-refractivity contribution is 0.524. The second-order valence-electron chi connectivity index (χ2n) is 6.86. The fourth-order valence-electron chi connectivity index (χ4n) is 3.14. The van der Waals surface area contributed by atoms with Crippen molar-refractivity contribution in [2.75, 3.05) is 14.1 Å². The van der Waals surface area contributed by atoms with Crippen LogP contribution in [0.3, 0.4) is 0 Å². The monoisotopic (exact) mass is 354 g/mol. The molecule has 0 atom stereocenters. The van der Waals surface area contributed by atoms with E-state index in [4.69, 9.17) is 0 Å². The summed E-state index contributed by atoms with van der Waals surface area (Å²) in [6, 6.07) is 8.30. The Balaban J connectivity index is 1.44. The fraction of sp³-hybridized carbons (Fsp3) is 0.545. The predicted molar refractivity (Wildman–Crippen MR) is 109 cm³/mol. The van der Waals surface area contributed by atoms with E-state index in [1.54, 1.807) is 0 Å². The third kappa shape index (κ3) is 7.85. The summed E-state index contributed by atoms with van der Waals surface area (Å²) in [6.45, 7) is 2.23. The summed E-state index contributed by atoms with van der Waals surface area (Å²) < 4.78 is 4.51. The van der Waals surface area contributed by atoms with Gasteiger partial charge >= 0.3 is 0 Å². The first-order chi connectivity index (χ1) is 12.8. The van der Waals surface area contributed by atoms with Gasteiger partial charge in [0.25, 0.3) is 0 Å². The van der Waals surface area contributed by atoms with E-state index in [1.807, 2.05) is 14.1 Å². The van der Waals surface area contributed by atoms with Crippen molar-refractivity contribution in [1.29, 1.82) is 0 Å². The molecule has 0 N–H and O–H groups in total. The molecule has 0 unspecified atom stereocenters. The van der Waals surface area contributed by atoms with Gasteiger partial charge in [-0.25, -0.2) is 0 Å². The topological polar surface area (TPSA) is 34.6 Å². The van der Waals surface area contributed by atoms with Crippen LogP contribution in [-0.4, -0.2) is 23.2 Å². The Morgan fingerprint density at radius 1 is 0.538 bits per heavy atom. The van der Waals surface area contributed by atoms with E-state index in [9.17, 15) is 0 Å². The maximum absolute atomic E-state index is 4.17. The zero-order chi connectivity index (χ0) is 18.5. The molecule has 2 rings (SSSR count). The number of aromatic nitrogens is 2. The average Bonchev–Trinajstić information content (AvgIpc) is 2.70. The normalized spacial score (nSPS) is 10.7. The van der Waals surface area contributed by atoms with Crippen molar-refractivity contribution >= 4 is 0 Å². The van der Waals surface area contributed by atoms with Gasteiger partial charge in [-0.3, -0.25) is 9.98 Å². The molecular formula is C22H34N4. The first-order valence-corrected chi connectivity index (χ1v) is 9.99. The van der Waals surface area contributed by atoms with E-state index in [-0.39, 0.29) is 0 Å². The molecule has 2 aromatic heterocycles. The molecule has 2 aromatic rings. The lowest BCUT2D eigenvalue weighted by atomic mass is 10.1. The van der Waals surface area contributed by atoms with Crippen LogP contribution in [0.2, 0.25) is 0 Å². The van der Waals surface area contributed by atoms with Crippen LogP contribution < -0.4 is 10.7 Å². The third-order valence-electron chi connectivity index (χ3n) is 4.85. The third-order valence-corrected chi connectivity index (χ3v) is 4.85. The number of hydrogen-bond donors (Lipinski definition) is 0. The van der Waals surface area contributed by atoms with Crippen LogP contribution in [0.1, 0.15) is 51.4 Å². The molecule has 0 radical (unpaired) electrons. The highest BCUT2D eigenvalue weighted by Crippen LogP contribution is 2.09. The predicted octanol–water partition coefficient (Wildman–Crippen LogP) is 4.17. The summed E-state index contributed by atoms with van der Waals surface area (Å²) in [7, 11) is 3.66. The molecule has 0 aliphatic carbocycles. The standard InChI is InChI=1S/C22H34N4/c1-23-21-11-17-25(18-12-21)15-9-7-5-3-4-6-8-10-16-26-19-13-22(24-2)14-20-26/h11-14,17-20H,3-10,15-16H2,1-2H3. The molecule has 4 heteroatoms. The van der Waals surface area contributed by atoms with Gasteiger partial charge in [-0.15, -0.1) is 0 Å². The van der Waals surface area contributed by atoms with E-state index in [0.717, 1.165) is 23.8 Å².